The van der Waals surface area contributed by atoms with Crippen molar-refractivity contribution in [2.24, 2.45) is 0 Å². The first-order valence-electron chi connectivity index (χ1n) is 11.8. The van der Waals surface area contributed by atoms with Gasteiger partial charge in [-0.2, -0.15) is 5.26 Å². The highest BCUT2D eigenvalue weighted by Crippen LogP contribution is 2.37. The molecule has 0 N–H and O–H groups in total. The number of fused-ring (bicyclic) bond motifs is 1. The third kappa shape index (κ3) is 5.64. The molecule has 0 radical (unpaired) electrons. The average molecular weight is 475 g/mol. The summed E-state index contributed by atoms with van der Waals surface area (Å²) in [5, 5.41) is 10.1. The molecule has 0 amide bonds. The molecule has 0 bridgehead atoms. The van der Waals surface area contributed by atoms with Crippen LogP contribution in [0.25, 0.3) is 11.1 Å². The monoisotopic (exact) mass is 474 g/mol. The highest BCUT2D eigenvalue weighted by molar-refractivity contribution is 5.77. The van der Waals surface area contributed by atoms with Crippen LogP contribution >= 0.6 is 0 Å². The smallest absolute Gasteiger partial charge is 0.123 e. The maximum absolute atomic E-state index is 13.5. The number of likely N-dealkylation sites (N-methyl/N-ethyl adjacent to an activating group) is 1. The summed E-state index contributed by atoms with van der Waals surface area (Å²) in [7, 11) is 5.46. The summed E-state index contributed by atoms with van der Waals surface area (Å²) in [6.45, 7) is 2.81. The normalized spacial score (nSPS) is 12.5. The summed E-state index contributed by atoms with van der Waals surface area (Å²) in [5.41, 5.74) is 6.72. The lowest BCUT2D eigenvalue weighted by Gasteiger charge is -2.19. The number of benzene rings is 3. The number of nitriles is 1. The molecule has 4 rings (SSSR count). The topological polar surface area (TPSA) is 54.7 Å². The van der Waals surface area contributed by atoms with Gasteiger partial charge in [-0.05, 0) is 91.0 Å². The SMILES string of the molecule is COc1ccc(OC)c(CCN(C)CCCc2cc3c(c(-c4ccc(F)cc4)c2C#N)COC3)c1. The maximum Gasteiger partial charge on any atom is 0.123 e. The Bertz CT molecular complexity index is 1220. The zero-order valence-electron chi connectivity index (χ0n) is 20.6. The van der Waals surface area contributed by atoms with Gasteiger partial charge in [0, 0.05) is 12.1 Å². The van der Waals surface area contributed by atoms with Crippen LogP contribution in [0, 0.1) is 17.1 Å². The van der Waals surface area contributed by atoms with Crippen LogP contribution in [0.4, 0.5) is 4.39 Å². The van der Waals surface area contributed by atoms with Crippen molar-refractivity contribution in [3.63, 3.8) is 0 Å². The molecule has 0 atom stereocenters. The van der Waals surface area contributed by atoms with Crippen LogP contribution in [-0.4, -0.2) is 39.3 Å². The van der Waals surface area contributed by atoms with E-state index in [1.165, 1.54) is 12.1 Å². The fourth-order valence-electron chi connectivity index (χ4n) is 4.70. The highest BCUT2D eigenvalue weighted by Gasteiger charge is 2.23. The summed E-state index contributed by atoms with van der Waals surface area (Å²) in [4.78, 5) is 2.29. The fraction of sp³-hybridized carbons (Fsp3) is 0.345. The van der Waals surface area contributed by atoms with Crippen molar-refractivity contribution in [1.29, 1.82) is 5.26 Å². The van der Waals surface area contributed by atoms with Gasteiger partial charge in [-0.3, -0.25) is 0 Å². The predicted octanol–water partition coefficient (Wildman–Crippen LogP) is 5.52. The van der Waals surface area contributed by atoms with Gasteiger partial charge < -0.3 is 19.1 Å². The molecule has 5 nitrogen and oxygen atoms in total. The van der Waals surface area contributed by atoms with Crippen molar-refractivity contribution in [2.75, 3.05) is 34.4 Å². The maximum atomic E-state index is 13.5. The molecule has 1 heterocycles. The van der Waals surface area contributed by atoms with Gasteiger partial charge in [0.1, 0.15) is 23.4 Å². The average Bonchev–Trinajstić information content (AvgIpc) is 3.35. The number of methoxy groups -OCH3 is 2. The van der Waals surface area contributed by atoms with Gasteiger partial charge in [0.15, 0.2) is 0 Å². The molecule has 3 aromatic carbocycles. The van der Waals surface area contributed by atoms with E-state index in [-0.39, 0.29) is 5.82 Å². The van der Waals surface area contributed by atoms with Crippen molar-refractivity contribution in [1.82, 2.24) is 4.90 Å². The molecule has 0 spiro atoms. The zero-order chi connectivity index (χ0) is 24.8. The Kier molecular flexibility index (Phi) is 8.02. The Labute approximate surface area is 206 Å². The second-order valence-corrected chi connectivity index (χ2v) is 8.87. The quantitative estimate of drug-likeness (QED) is 0.387. The van der Waals surface area contributed by atoms with Gasteiger partial charge in [0.2, 0.25) is 0 Å². The molecule has 0 unspecified atom stereocenters. The van der Waals surface area contributed by atoms with Crippen LogP contribution in [-0.2, 0) is 30.8 Å². The lowest BCUT2D eigenvalue weighted by molar-refractivity contribution is 0.134. The largest absolute Gasteiger partial charge is 0.497 e. The van der Waals surface area contributed by atoms with E-state index in [0.717, 1.165) is 77.2 Å². The number of rotatable bonds is 10. The molecule has 1 aliphatic heterocycles. The van der Waals surface area contributed by atoms with E-state index in [9.17, 15) is 9.65 Å². The van der Waals surface area contributed by atoms with Gasteiger partial charge in [-0.15, -0.1) is 0 Å². The molecule has 35 heavy (non-hydrogen) atoms. The molecule has 1 aliphatic rings. The number of hydrogen-bond donors (Lipinski definition) is 0. The summed E-state index contributed by atoms with van der Waals surface area (Å²) in [6, 6.07) is 16.8. The van der Waals surface area contributed by atoms with Crippen molar-refractivity contribution in [3.8, 4) is 28.7 Å². The molecular formula is C29H31FN2O3. The first-order valence-corrected chi connectivity index (χ1v) is 11.8. The standard InChI is InChI=1S/C29H31FN2O3/c1-32(14-12-22-16-25(33-2)10-11-28(22)34-3)13-4-5-21-15-23-18-35-19-27(23)29(26(21)17-31)20-6-8-24(30)9-7-20/h6-11,15-16H,4-5,12-14,18-19H2,1-3H3. The number of aryl methyl sites for hydroxylation is 1. The summed E-state index contributed by atoms with van der Waals surface area (Å²) < 4.78 is 30.1. The van der Waals surface area contributed by atoms with Crippen LogP contribution in [0.5, 0.6) is 11.5 Å². The zero-order valence-corrected chi connectivity index (χ0v) is 20.6. The summed E-state index contributed by atoms with van der Waals surface area (Å²) >= 11 is 0. The van der Waals surface area contributed by atoms with Gasteiger partial charge in [-0.1, -0.05) is 18.2 Å². The van der Waals surface area contributed by atoms with E-state index in [4.69, 9.17) is 14.2 Å². The molecule has 0 saturated carbocycles. The Balaban J connectivity index is 1.44. The van der Waals surface area contributed by atoms with Crippen molar-refractivity contribution in [3.05, 3.63) is 82.2 Å². The lowest BCUT2D eigenvalue weighted by atomic mass is 9.87. The summed E-state index contributed by atoms with van der Waals surface area (Å²) in [6.07, 6.45) is 2.56. The lowest BCUT2D eigenvalue weighted by Crippen LogP contribution is -2.23. The van der Waals surface area contributed by atoms with Crippen molar-refractivity contribution in [2.45, 2.75) is 32.5 Å². The van der Waals surface area contributed by atoms with Gasteiger partial charge in [-0.25, -0.2) is 4.39 Å². The molecule has 0 aromatic heterocycles. The van der Waals surface area contributed by atoms with Crippen LogP contribution in [0.3, 0.4) is 0 Å². The minimum absolute atomic E-state index is 0.286. The first kappa shape index (κ1) is 24.7. The highest BCUT2D eigenvalue weighted by atomic mass is 19.1. The molecule has 3 aromatic rings. The molecule has 182 valence electrons. The van der Waals surface area contributed by atoms with Gasteiger partial charge in [0.25, 0.3) is 0 Å². The molecule has 6 heteroatoms. The Morgan fingerprint density at radius 2 is 1.77 bits per heavy atom. The Morgan fingerprint density at radius 3 is 2.49 bits per heavy atom. The predicted molar refractivity (Wildman–Crippen MR) is 134 cm³/mol. The number of hydrogen-bond acceptors (Lipinski definition) is 5. The van der Waals surface area contributed by atoms with Crippen molar-refractivity contribution < 1.29 is 18.6 Å². The van der Waals surface area contributed by atoms with E-state index in [2.05, 4.69) is 24.1 Å². The molecule has 0 saturated heterocycles. The summed E-state index contributed by atoms with van der Waals surface area (Å²) in [5.74, 6) is 1.41. The third-order valence-corrected chi connectivity index (χ3v) is 6.59. The van der Waals surface area contributed by atoms with E-state index in [0.29, 0.717) is 18.8 Å². The molecule has 0 fully saturated rings. The van der Waals surface area contributed by atoms with Crippen LogP contribution in [0.15, 0.2) is 48.5 Å². The van der Waals surface area contributed by atoms with E-state index in [1.54, 1.807) is 26.4 Å². The Morgan fingerprint density at radius 1 is 0.971 bits per heavy atom. The van der Waals surface area contributed by atoms with E-state index in [1.807, 2.05) is 18.2 Å². The van der Waals surface area contributed by atoms with Gasteiger partial charge in [0.05, 0.1) is 33.0 Å². The second kappa shape index (κ2) is 11.4. The molecule has 0 aliphatic carbocycles. The third-order valence-electron chi connectivity index (χ3n) is 6.59. The van der Waals surface area contributed by atoms with Crippen LogP contribution in [0.1, 0.15) is 34.2 Å². The Hall–Kier alpha value is -3.40. The fourth-order valence-corrected chi connectivity index (χ4v) is 4.70. The molecular weight excluding hydrogens is 443 g/mol. The van der Waals surface area contributed by atoms with E-state index >= 15 is 0 Å². The second-order valence-electron chi connectivity index (χ2n) is 8.87. The minimum atomic E-state index is -0.286. The van der Waals surface area contributed by atoms with Crippen LogP contribution < -0.4 is 9.47 Å². The van der Waals surface area contributed by atoms with Gasteiger partial charge >= 0.3 is 0 Å². The number of ether oxygens (including phenoxy) is 3. The number of nitrogens with zero attached hydrogens (tertiary/aromatic N) is 2. The van der Waals surface area contributed by atoms with E-state index < -0.39 is 0 Å². The minimum Gasteiger partial charge on any atom is -0.497 e. The first-order chi connectivity index (χ1) is 17.0. The van der Waals surface area contributed by atoms with Crippen molar-refractivity contribution >= 4 is 0 Å². The van der Waals surface area contributed by atoms with Crippen LogP contribution in [0.2, 0.25) is 0 Å². The number of halogens is 1.